The highest BCUT2D eigenvalue weighted by atomic mass is 14.7. The summed E-state index contributed by atoms with van der Waals surface area (Å²) in [6.45, 7) is 0. The molecule has 6 aromatic rings. The standard InChI is InChI=1S/C31H21N/c1-2-8-22(9-3-1)28-18-17-27-20-25-10-4-5-11-26(25)21-29(27)31(28)24-15-13-23(14-16-24)30-12-6-7-19-32-30/h1-21H. The van der Waals surface area contributed by atoms with Gasteiger partial charge in [-0.05, 0) is 68.1 Å². The normalized spacial score (nSPS) is 11.1. The van der Waals surface area contributed by atoms with Gasteiger partial charge in [-0.2, -0.15) is 0 Å². The Morgan fingerprint density at radius 1 is 0.438 bits per heavy atom. The van der Waals surface area contributed by atoms with Gasteiger partial charge in [-0.15, -0.1) is 0 Å². The Balaban J connectivity index is 1.61. The van der Waals surface area contributed by atoms with Crippen molar-refractivity contribution in [3.63, 3.8) is 0 Å². The van der Waals surface area contributed by atoms with E-state index in [1.165, 1.54) is 43.8 Å². The summed E-state index contributed by atoms with van der Waals surface area (Å²) >= 11 is 0. The lowest BCUT2D eigenvalue weighted by atomic mass is 9.88. The Kier molecular flexibility index (Phi) is 4.51. The summed E-state index contributed by atoms with van der Waals surface area (Å²) < 4.78 is 0. The molecule has 150 valence electrons. The number of rotatable bonds is 3. The summed E-state index contributed by atoms with van der Waals surface area (Å²) in [5.74, 6) is 0. The second-order valence-electron chi connectivity index (χ2n) is 8.07. The largest absolute Gasteiger partial charge is 0.256 e. The number of fused-ring (bicyclic) bond motifs is 2. The van der Waals surface area contributed by atoms with Crippen LogP contribution in [-0.2, 0) is 0 Å². The average Bonchev–Trinajstić information content (AvgIpc) is 2.88. The Labute approximate surface area is 187 Å². The molecule has 0 saturated heterocycles. The Morgan fingerprint density at radius 3 is 1.88 bits per heavy atom. The highest BCUT2D eigenvalue weighted by Crippen LogP contribution is 2.40. The molecule has 0 radical (unpaired) electrons. The lowest BCUT2D eigenvalue weighted by Crippen LogP contribution is -1.89. The molecule has 5 aromatic carbocycles. The Morgan fingerprint density at radius 2 is 1.12 bits per heavy atom. The highest BCUT2D eigenvalue weighted by Gasteiger charge is 2.13. The van der Waals surface area contributed by atoms with E-state index < -0.39 is 0 Å². The quantitative estimate of drug-likeness (QED) is 0.268. The zero-order valence-corrected chi connectivity index (χ0v) is 17.6. The van der Waals surface area contributed by atoms with Crippen LogP contribution in [-0.4, -0.2) is 4.98 Å². The van der Waals surface area contributed by atoms with Crippen LogP contribution in [0.4, 0.5) is 0 Å². The van der Waals surface area contributed by atoms with Gasteiger partial charge in [0.2, 0.25) is 0 Å². The van der Waals surface area contributed by atoms with Crippen LogP contribution in [0.1, 0.15) is 0 Å². The summed E-state index contributed by atoms with van der Waals surface area (Å²) in [6.07, 6.45) is 1.84. The van der Waals surface area contributed by atoms with E-state index in [1.807, 2.05) is 18.3 Å². The van der Waals surface area contributed by atoms with Gasteiger partial charge in [-0.25, -0.2) is 0 Å². The summed E-state index contributed by atoms with van der Waals surface area (Å²) in [5.41, 5.74) is 7.08. The van der Waals surface area contributed by atoms with Gasteiger partial charge in [-0.3, -0.25) is 4.98 Å². The Hall–Kier alpha value is -4.23. The van der Waals surface area contributed by atoms with Crippen molar-refractivity contribution in [1.82, 2.24) is 4.98 Å². The molecule has 0 aliphatic heterocycles. The van der Waals surface area contributed by atoms with Crippen molar-refractivity contribution in [2.75, 3.05) is 0 Å². The van der Waals surface area contributed by atoms with Crippen molar-refractivity contribution >= 4 is 21.5 Å². The van der Waals surface area contributed by atoms with Crippen LogP contribution in [0.5, 0.6) is 0 Å². The molecule has 0 atom stereocenters. The molecule has 1 heteroatoms. The molecular weight excluding hydrogens is 386 g/mol. The van der Waals surface area contributed by atoms with Gasteiger partial charge >= 0.3 is 0 Å². The van der Waals surface area contributed by atoms with E-state index in [9.17, 15) is 0 Å². The molecule has 1 heterocycles. The van der Waals surface area contributed by atoms with Crippen LogP contribution in [0.15, 0.2) is 128 Å². The zero-order chi connectivity index (χ0) is 21.3. The molecule has 0 N–H and O–H groups in total. The van der Waals surface area contributed by atoms with Crippen LogP contribution in [0.2, 0.25) is 0 Å². The minimum Gasteiger partial charge on any atom is -0.256 e. The first-order valence-electron chi connectivity index (χ1n) is 10.9. The van der Waals surface area contributed by atoms with E-state index in [2.05, 4.69) is 114 Å². The van der Waals surface area contributed by atoms with Crippen molar-refractivity contribution in [3.8, 4) is 33.5 Å². The fourth-order valence-corrected chi connectivity index (χ4v) is 4.52. The molecule has 0 fully saturated rings. The summed E-state index contributed by atoms with van der Waals surface area (Å²) in [5, 5.41) is 5.06. The van der Waals surface area contributed by atoms with Crippen LogP contribution >= 0.6 is 0 Å². The number of nitrogens with zero attached hydrogens (tertiary/aromatic N) is 1. The average molecular weight is 408 g/mol. The summed E-state index contributed by atoms with van der Waals surface area (Å²) in [7, 11) is 0. The number of hydrogen-bond acceptors (Lipinski definition) is 1. The SMILES string of the molecule is c1ccc(-c2ccc3cc4ccccc4cc3c2-c2ccc(-c3ccccn3)cc2)cc1. The summed E-state index contributed by atoms with van der Waals surface area (Å²) in [6, 6.07) is 43.2. The molecule has 0 saturated carbocycles. The van der Waals surface area contributed by atoms with Gasteiger partial charge in [0.05, 0.1) is 5.69 Å². The van der Waals surface area contributed by atoms with E-state index in [0.29, 0.717) is 0 Å². The fourth-order valence-electron chi connectivity index (χ4n) is 4.52. The molecule has 0 aliphatic rings. The lowest BCUT2D eigenvalue weighted by Gasteiger charge is -2.15. The smallest absolute Gasteiger partial charge is 0.0701 e. The van der Waals surface area contributed by atoms with E-state index in [1.54, 1.807) is 0 Å². The van der Waals surface area contributed by atoms with E-state index in [0.717, 1.165) is 11.3 Å². The fraction of sp³-hybridized carbons (Fsp3) is 0. The zero-order valence-electron chi connectivity index (χ0n) is 17.6. The predicted octanol–water partition coefficient (Wildman–Crippen LogP) is 8.39. The van der Waals surface area contributed by atoms with Gasteiger partial charge in [0.15, 0.2) is 0 Å². The van der Waals surface area contributed by atoms with Crippen LogP contribution in [0.3, 0.4) is 0 Å². The van der Waals surface area contributed by atoms with E-state index in [4.69, 9.17) is 0 Å². The van der Waals surface area contributed by atoms with Crippen molar-refractivity contribution in [2.24, 2.45) is 0 Å². The second kappa shape index (κ2) is 7.79. The van der Waals surface area contributed by atoms with Crippen molar-refractivity contribution < 1.29 is 0 Å². The molecule has 1 nitrogen and oxygen atoms in total. The van der Waals surface area contributed by atoms with Crippen molar-refractivity contribution in [1.29, 1.82) is 0 Å². The Bertz CT molecular complexity index is 1530. The molecule has 0 aliphatic carbocycles. The predicted molar refractivity (Wildman–Crippen MR) is 136 cm³/mol. The van der Waals surface area contributed by atoms with Gasteiger partial charge in [-0.1, -0.05) is 97.1 Å². The third-order valence-corrected chi connectivity index (χ3v) is 6.11. The molecular formula is C31H21N. The molecule has 1 aromatic heterocycles. The van der Waals surface area contributed by atoms with Crippen molar-refractivity contribution in [3.05, 3.63) is 128 Å². The maximum Gasteiger partial charge on any atom is 0.0701 e. The van der Waals surface area contributed by atoms with Gasteiger partial charge < -0.3 is 0 Å². The number of hydrogen-bond donors (Lipinski definition) is 0. The topological polar surface area (TPSA) is 12.9 Å². The monoisotopic (exact) mass is 407 g/mol. The molecule has 0 amide bonds. The molecule has 0 unspecified atom stereocenters. The molecule has 0 bridgehead atoms. The highest BCUT2D eigenvalue weighted by molar-refractivity contribution is 6.09. The van der Waals surface area contributed by atoms with Crippen molar-refractivity contribution in [2.45, 2.75) is 0 Å². The first kappa shape index (κ1) is 18.5. The number of pyridine rings is 1. The number of benzene rings is 5. The molecule has 6 rings (SSSR count). The second-order valence-corrected chi connectivity index (χ2v) is 8.07. The third-order valence-electron chi connectivity index (χ3n) is 6.11. The maximum absolute atomic E-state index is 4.50. The summed E-state index contributed by atoms with van der Waals surface area (Å²) in [4.78, 5) is 4.50. The minimum atomic E-state index is 0.992. The van der Waals surface area contributed by atoms with Crippen LogP contribution < -0.4 is 0 Å². The maximum atomic E-state index is 4.50. The van der Waals surface area contributed by atoms with E-state index in [-0.39, 0.29) is 0 Å². The molecule has 32 heavy (non-hydrogen) atoms. The van der Waals surface area contributed by atoms with Crippen LogP contribution in [0.25, 0.3) is 55.1 Å². The van der Waals surface area contributed by atoms with Gasteiger partial charge in [0, 0.05) is 11.8 Å². The van der Waals surface area contributed by atoms with Gasteiger partial charge in [0.25, 0.3) is 0 Å². The lowest BCUT2D eigenvalue weighted by molar-refractivity contribution is 1.33. The van der Waals surface area contributed by atoms with E-state index >= 15 is 0 Å². The first-order valence-corrected chi connectivity index (χ1v) is 10.9. The third kappa shape index (κ3) is 3.25. The number of aromatic nitrogens is 1. The minimum absolute atomic E-state index is 0.992. The first-order chi connectivity index (χ1) is 15.9. The molecule has 0 spiro atoms. The van der Waals surface area contributed by atoms with Gasteiger partial charge in [0.1, 0.15) is 0 Å². The van der Waals surface area contributed by atoms with Crippen LogP contribution in [0, 0.1) is 0 Å².